The summed E-state index contributed by atoms with van der Waals surface area (Å²) in [5.74, 6) is 0.542. The number of nitrogens with zero attached hydrogens (tertiary/aromatic N) is 3. The Morgan fingerprint density at radius 1 is 1.06 bits per heavy atom. The lowest BCUT2D eigenvalue weighted by Gasteiger charge is -2.38. The Kier molecular flexibility index (Phi) is 5.44. The molecule has 0 bridgehead atoms. The van der Waals surface area contributed by atoms with Crippen molar-refractivity contribution in [1.82, 2.24) is 14.9 Å². The van der Waals surface area contributed by atoms with E-state index in [-0.39, 0.29) is 11.9 Å². The van der Waals surface area contributed by atoms with Crippen molar-refractivity contribution in [2.45, 2.75) is 32.7 Å². The minimum atomic E-state index is 0.0581. The van der Waals surface area contributed by atoms with Crippen LogP contribution in [-0.4, -0.2) is 27.3 Å². The topological polar surface area (TPSA) is 46.1 Å². The molecular formula is C28H27N3O. The first kappa shape index (κ1) is 20.4. The summed E-state index contributed by atoms with van der Waals surface area (Å²) in [7, 11) is 0. The monoisotopic (exact) mass is 421 g/mol. The van der Waals surface area contributed by atoms with Crippen molar-refractivity contribution >= 4 is 16.8 Å². The molecule has 32 heavy (non-hydrogen) atoms. The van der Waals surface area contributed by atoms with Crippen molar-refractivity contribution in [3.63, 3.8) is 0 Å². The van der Waals surface area contributed by atoms with Crippen LogP contribution in [0.1, 0.15) is 47.8 Å². The van der Waals surface area contributed by atoms with Gasteiger partial charge in [0.15, 0.2) is 0 Å². The van der Waals surface area contributed by atoms with E-state index in [2.05, 4.69) is 48.0 Å². The third-order valence-electron chi connectivity index (χ3n) is 6.28. The standard InChI is InChI=1S/C28H27N3O/c1-19(2)16-27-22-11-7-6-8-20(22)13-15-31(27)28(32)23-17-26(21-9-4-3-5-10-21)30-25-12-14-29-18-24(23)25/h3-12,14,17-19,27H,13,15-16H2,1-2H3. The molecule has 3 heterocycles. The van der Waals surface area contributed by atoms with Gasteiger partial charge in [-0.05, 0) is 42.0 Å². The summed E-state index contributed by atoms with van der Waals surface area (Å²) in [5.41, 5.74) is 5.92. The summed E-state index contributed by atoms with van der Waals surface area (Å²) >= 11 is 0. The van der Waals surface area contributed by atoms with Gasteiger partial charge in [-0.1, -0.05) is 68.4 Å². The van der Waals surface area contributed by atoms with Crippen LogP contribution in [0, 0.1) is 5.92 Å². The average molecular weight is 422 g/mol. The number of hydrogen-bond acceptors (Lipinski definition) is 3. The lowest BCUT2D eigenvalue weighted by molar-refractivity contribution is 0.0638. The molecule has 1 aliphatic rings. The summed E-state index contributed by atoms with van der Waals surface area (Å²) in [6.07, 6.45) is 5.32. The van der Waals surface area contributed by atoms with E-state index in [4.69, 9.17) is 4.98 Å². The largest absolute Gasteiger partial charge is 0.331 e. The molecule has 0 N–H and O–H groups in total. The fourth-order valence-corrected chi connectivity index (χ4v) is 4.75. The molecule has 1 unspecified atom stereocenters. The number of benzene rings is 2. The molecule has 1 aliphatic heterocycles. The van der Waals surface area contributed by atoms with E-state index in [9.17, 15) is 4.79 Å². The Balaban J connectivity index is 1.62. The van der Waals surface area contributed by atoms with Crippen molar-refractivity contribution in [2.75, 3.05) is 6.54 Å². The van der Waals surface area contributed by atoms with Crippen LogP contribution < -0.4 is 0 Å². The molecule has 4 nitrogen and oxygen atoms in total. The van der Waals surface area contributed by atoms with Gasteiger partial charge < -0.3 is 4.90 Å². The van der Waals surface area contributed by atoms with Crippen LogP contribution in [0.25, 0.3) is 22.2 Å². The number of fused-ring (bicyclic) bond motifs is 2. The van der Waals surface area contributed by atoms with Gasteiger partial charge in [0, 0.05) is 29.9 Å². The van der Waals surface area contributed by atoms with Crippen LogP contribution in [-0.2, 0) is 6.42 Å². The van der Waals surface area contributed by atoms with Gasteiger partial charge in [0.2, 0.25) is 0 Å². The molecule has 4 aromatic rings. The maximum Gasteiger partial charge on any atom is 0.255 e. The highest BCUT2D eigenvalue weighted by molar-refractivity contribution is 6.07. The van der Waals surface area contributed by atoms with Crippen LogP contribution in [0.15, 0.2) is 79.1 Å². The van der Waals surface area contributed by atoms with Gasteiger partial charge in [0.1, 0.15) is 0 Å². The predicted molar refractivity (Wildman–Crippen MR) is 128 cm³/mol. The third-order valence-corrected chi connectivity index (χ3v) is 6.28. The van der Waals surface area contributed by atoms with Gasteiger partial charge >= 0.3 is 0 Å². The smallest absolute Gasteiger partial charge is 0.255 e. The first-order chi connectivity index (χ1) is 15.6. The van der Waals surface area contributed by atoms with E-state index in [0.717, 1.165) is 41.5 Å². The lowest BCUT2D eigenvalue weighted by Crippen LogP contribution is -2.40. The highest BCUT2D eigenvalue weighted by atomic mass is 16.2. The Hall–Kier alpha value is -3.53. The summed E-state index contributed by atoms with van der Waals surface area (Å²) in [6, 6.07) is 22.5. The zero-order valence-corrected chi connectivity index (χ0v) is 18.5. The maximum atomic E-state index is 14.1. The van der Waals surface area contributed by atoms with Gasteiger partial charge in [-0.2, -0.15) is 0 Å². The Morgan fingerprint density at radius 2 is 1.84 bits per heavy atom. The van der Waals surface area contributed by atoms with Crippen LogP contribution in [0.5, 0.6) is 0 Å². The second kappa shape index (κ2) is 8.54. The molecule has 1 amide bonds. The van der Waals surface area contributed by atoms with Crippen molar-refractivity contribution < 1.29 is 4.79 Å². The number of rotatable bonds is 4. The molecule has 0 saturated heterocycles. The van der Waals surface area contributed by atoms with Crippen LogP contribution in [0.3, 0.4) is 0 Å². The van der Waals surface area contributed by atoms with Crippen molar-refractivity contribution in [2.24, 2.45) is 5.92 Å². The summed E-state index contributed by atoms with van der Waals surface area (Å²) in [5, 5.41) is 0.805. The summed E-state index contributed by atoms with van der Waals surface area (Å²) in [6.45, 7) is 5.16. The number of hydrogen-bond donors (Lipinski definition) is 0. The lowest BCUT2D eigenvalue weighted by atomic mass is 9.87. The molecule has 0 radical (unpaired) electrons. The summed E-state index contributed by atoms with van der Waals surface area (Å²) < 4.78 is 0. The number of pyridine rings is 2. The fraction of sp³-hybridized carbons (Fsp3) is 0.250. The molecule has 0 aliphatic carbocycles. The van der Waals surface area contributed by atoms with Crippen LogP contribution in [0.4, 0.5) is 0 Å². The zero-order valence-electron chi connectivity index (χ0n) is 18.5. The van der Waals surface area contributed by atoms with E-state index in [1.807, 2.05) is 42.5 Å². The summed E-state index contributed by atoms with van der Waals surface area (Å²) in [4.78, 5) is 25.3. The number of amides is 1. The maximum absolute atomic E-state index is 14.1. The van der Waals surface area contributed by atoms with Crippen LogP contribution in [0.2, 0.25) is 0 Å². The van der Waals surface area contributed by atoms with Gasteiger partial charge in [-0.15, -0.1) is 0 Å². The number of carbonyl (C=O) groups excluding carboxylic acids is 1. The first-order valence-electron chi connectivity index (χ1n) is 11.3. The number of aromatic nitrogens is 2. The minimum Gasteiger partial charge on any atom is -0.331 e. The second-order valence-corrected chi connectivity index (χ2v) is 8.91. The molecule has 2 aromatic heterocycles. The molecule has 1 atom stereocenters. The highest BCUT2D eigenvalue weighted by Crippen LogP contribution is 2.36. The quantitative estimate of drug-likeness (QED) is 0.401. The molecule has 160 valence electrons. The van der Waals surface area contributed by atoms with Crippen LogP contribution >= 0.6 is 0 Å². The number of carbonyl (C=O) groups is 1. The fourth-order valence-electron chi connectivity index (χ4n) is 4.75. The van der Waals surface area contributed by atoms with Crippen molar-refractivity contribution in [3.05, 3.63) is 95.8 Å². The van der Waals surface area contributed by atoms with Crippen molar-refractivity contribution in [1.29, 1.82) is 0 Å². The Labute approximate surface area is 189 Å². The van der Waals surface area contributed by atoms with E-state index in [1.54, 1.807) is 12.4 Å². The minimum absolute atomic E-state index is 0.0581. The zero-order chi connectivity index (χ0) is 22.1. The van der Waals surface area contributed by atoms with Gasteiger partial charge in [-0.25, -0.2) is 4.98 Å². The molecular weight excluding hydrogens is 394 g/mol. The van der Waals surface area contributed by atoms with E-state index in [0.29, 0.717) is 11.5 Å². The first-order valence-corrected chi connectivity index (χ1v) is 11.3. The molecule has 0 saturated carbocycles. The molecule has 0 spiro atoms. The highest BCUT2D eigenvalue weighted by Gasteiger charge is 2.32. The van der Waals surface area contributed by atoms with Gasteiger partial charge in [0.25, 0.3) is 5.91 Å². The van der Waals surface area contributed by atoms with Gasteiger partial charge in [-0.3, -0.25) is 9.78 Å². The third kappa shape index (κ3) is 3.77. The Bertz CT molecular complexity index is 1270. The average Bonchev–Trinajstić information content (AvgIpc) is 2.83. The predicted octanol–water partition coefficient (Wildman–Crippen LogP) is 6.08. The molecule has 2 aromatic carbocycles. The van der Waals surface area contributed by atoms with Gasteiger partial charge in [0.05, 0.1) is 22.8 Å². The normalized spacial score (nSPS) is 15.7. The van der Waals surface area contributed by atoms with E-state index in [1.165, 1.54) is 11.1 Å². The SMILES string of the molecule is CC(C)CC1c2ccccc2CCN1C(=O)c1cc(-c2ccccc2)nc2ccncc12. The van der Waals surface area contributed by atoms with E-state index >= 15 is 0 Å². The second-order valence-electron chi connectivity index (χ2n) is 8.91. The molecule has 0 fully saturated rings. The van der Waals surface area contributed by atoms with Crippen molar-refractivity contribution in [3.8, 4) is 11.3 Å². The Morgan fingerprint density at radius 3 is 2.66 bits per heavy atom. The molecule has 4 heteroatoms. The van der Waals surface area contributed by atoms with E-state index < -0.39 is 0 Å². The molecule has 5 rings (SSSR count).